The number of carbonyl (C=O) groups excluding carboxylic acids is 5. The largest absolute Gasteiger partial charge is 0.508 e. The van der Waals surface area contributed by atoms with Crippen LogP contribution in [0.1, 0.15) is 265 Å². The number of aliphatic hydroxyl groups excluding tert-OH is 1. The van der Waals surface area contributed by atoms with E-state index < -0.39 is 104 Å². The quantitative estimate of drug-likeness (QED) is 0.0140. The lowest BCUT2D eigenvalue weighted by atomic mass is 9.78. The first-order valence-corrected chi connectivity index (χ1v) is 38.8. The van der Waals surface area contributed by atoms with Gasteiger partial charge in [-0.15, -0.1) is 0 Å². The minimum absolute atomic E-state index is 0.0434. The number of rotatable bonds is 24. The predicted octanol–water partition coefficient (Wildman–Crippen LogP) is 18.6. The Morgan fingerprint density at radius 2 is 0.983 bits per heavy atom. The second kappa shape index (κ2) is 41.8. The van der Waals surface area contributed by atoms with Crippen LogP contribution >= 0.6 is 0 Å². The van der Waals surface area contributed by atoms with E-state index in [2.05, 4.69) is 28.1 Å². The second-order valence-corrected chi connectivity index (χ2v) is 34.4. The summed E-state index contributed by atoms with van der Waals surface area (Å²) in [6.07, 6.45) is -3.44. The Bertz CT molecular complexity index is 3830. The molecule has 4 aromatic rings. The topological polar surface area (TPSA) is 346 Å². The minimum atomic E-state index is -5.74. The van der Waals surface area contributed by atoms with Crippen LogP contribution in [0.5, 0.6) is 23.0 Å². The van der Waals surface area contributed by atoms with Crippen LogP contribution < -0.4 is 9.47 Å². The summed E-state index contributed by atoms with van der Waals surface area (Å²) in [5, 5.41) is 75.1. The molecule has 1 heterocycles. The maximum absolute atomic E-state index is 14.0. The Morgan fingerprint density at radius 1 is 0.552 bits per heavy atom. The van der Waals surface area contributed by atoms with Gasteiger partial charge >= 0.3 is 65.8 Å². The molecule has 7 atom stereocenters. The van der Waals surface area contributed by atoms with E-state index in [9.17, 15) is 94.2 Å². The summed E-state index contributed by atoms with van der Waals surface area (Å²) in [5.74, 6) is -10.8. The van der Waals surface area contributed by atoms with Gasteiger partial charge in [-0.1, -0.05) is 85.7 Å². The highest BCUT2D eigenvalue weighted by Crippen LogP contribution is 2.55. The molecular weight excluding hydrogens is 1540 g/mol. The van der Waals surface area contributed by atoms with Crippen molar-refractivity contribution in [3.05, 3.63) is 95.6 Å². The van der Waals surface area contributed by atoms with E-state index in [-0.39, 0.29) is 78.6 Å². The number of phenols is 1. The Labute approximate surface area is 677 Å². The molecule has 4 aromatic carbocycles. The number of esters is 5. The number of ether oxygens (including phenoxy) is 7. The summed E-state index contributed by atoms with van der Waals surface area (Å²) >= 11 is 0. The monoisotopic (exact) mass is 1660 g/mol. The van der Waals surface area contributed by atoms with Crippen LogP contribution in [-0.4, -0.2) is 157 Å². The van der Waals surface area contributed by atoms with Crippen molar-refractivity contribution in [3.63, 3.8) is 0 Å². The molecule has 116 heavy (non-hydrogen) atoms. The molecule has 1 aliphatic heterocycles. The fraction of sp³-hybridized carbons (Fsp3) is 0.663. The molecule has 1 saturated heterocycles. The van der Waals surface area contributed by atoms with E-state index in [1.165, 1.54) is 40.9 Å². The third-order valence-corrected chi connectivity index (χ3v) is 22.4. The van der Waals surface area contributed by atoms with Crippen molar-refractivity contribution in [2.45, 2.75) is 301 Å². The lowest BCUT2D eigenvalue weighted by Crippen LogP contribution is -2.63. The summed E-state index contributed by atoms with van der Waals surface area (Å²) in [6.45, 7) is 38.9. The van der Waals surface area contributed by atoms with Crippen LogP contribution in [0.3, 0.4) is 0 Å². The van der Waals surface area contributed by atoms with E-state index in [0.29, 0.717) is 61.2 Å². The van der Waals surface area contributed by atoms with E-state index in [0.717, 1.165) is 55.5 Å². The van der Waals surface area contributed by atoms with Crippen molar-refractivity contribution in [1.82, 2.24) is 0 Å². The molecule has 2 fully saturated rings. The standard InChI is InChI=1S/C18H20O4.C17H17F3O.C15H28O3.C12H17F5O4.C12H22O5.C6H12O3.C6H12O2/c1-4-18(2,3)17(20)22-16-11-9-15(10-12-16)21-14-7-5-13(19)6-8-14;1-9-10(2)12-7-8-14(16(3,21)17(18,19)20)13-6-4-5-11(9)15(12)13;1-6-14(2,3)13(16)18-12-9-7-11(8-10-12)15(4,5)17;1-5-8(2,3)7(18)21-9(4)6-20-11(19,10(9,13)14)12(15,16)17;1-6-11(2,3)10(14)17-8-12(4,15)7-9(13)16-5;1-3-6(2,4-7)5(8)9;1-4-6(2,3)5(7)8/h5-12,19H,4H2,1-3H3;4-10,21H,1-3H3;11-12,17H,6-10H2,1-5H3;19H,5-6H2,1-4H3;15H,6-8H2,1-5H3;7H,3-4H2,1-2H3,(H,8,9);4H2,1-3H3,(H,7,8). The molecular formula is C86H128F8O22. The highest BCUT2D eigenvalue weighted by Gasteiger charge is 2.83. The van der Waals surface area contributed by atoms with Crippen LogP contribution in [0.4, 0.5) is 35.1 Å². The number of benzene rings is 4. The number of aromatic hydroxyl groups is 1. The summed E-state index contributed by atoms with van der Waals surface area (Å²) in [6, 6.07) is 21.9. The van der Waals surface area contributed by atoms with Crippen molar-refractivity contribution < 1.29 is 143 Å². The molecule has 3 aliphatic rings. The molecule has 2 aliphatic carbocycles. The number of aliphatic carboxylic acids is 2. The molecule has 660 valence electrons. The maximum Gasteiger partial charge on any atom is 0.449 e. The highest BCUT2D eigenvalue weighted by molar-refractivity contribution is 5.95. The first-order chi connectivity index (χ1) is 52.6. The van der Waals surface area contributed by atoms with Crippen LogP contribution in [0, 0.1) is 38.4 Å². The zero-order chi connectivity index (χ0) is 90.6. The van der Waals surface area contributed by atoms with E-state index in [4.69, 9.17) is 34.3 Å². The van der Waals surface area contributed by atoms with Crippen molar-refractivity contribution in [3.8, 4) is 23.0 Å². The van der Waals surface area contributed by atoms with Gasteiger partial charge < -0.3 is 74.0 Å². The Balaban J connectivity index is 0.000000692. The normalized spacial score (nSPS) is 20.8. The van der Waals surface area contributed by atoms with Crippen molar-refractivity contribution in [2.75, 3.05) is 26.9 Å². The van der Waals surface area contributed by atoms with E-state index >= 15 is 0 Å². The number of hydrogen-bond acceptors (Lipinski definition) is 20. The number of carboxylic acid groups (broad SMARTS) is 2. The van der Waals surface area contributed by atoms with Gasteiger partial charge in [-0.05, 0) is 263 Å². The van der Waals surface area contributed by atoms with Gasteiger partial charge in [-0.2, -0.15) is 35.1 Å². The zero-order valence-corrected chi connectivity index (χ0v) is 72.0. The van der Waals surface area contributed by atoms with Crippen molar-refractivity contribution in [1.29, 1.82) is 0 Å². The first-order valence-electron chi connectivity index (χ1n) is 38.8. The number of carbonyl (C=O) groups is 7. The van der Waals surface area contributed by atoms with Crippen LogP contribution in [0.2, 0.25) is 0 Å². The molecule has 7 rings (SSSR count). The van der Waals surface area contributed by atoms with Crippen LogP contribution in [0.15, 0.2) is 78.9 Å². The molecule has 0 radical (unpaired) electrons. The van der Waals surface area contributed by atoms with Gasteiger partial charge in [0.05, 0.1) is 64.8 Å². The molecule has 30 heteroatoms. The fourth-order valence-electron chi connectivity index (χ4n) is 10.4. The van der Waals surface area contributed by atoms with Gasteiger partial charge in [0.1, 0.15) is 41.3 Å². The second-order valence-electron chi connectivity index (χ2n) is 34.4. The van der Waals surface area contributed by atoms with Gasteiger partial charge in [0.25, 0.3) is 0 Å². The molecule has 22 nitrogen and oxygen atoms in total. The minimum Gasteiger partial charge on any atom is -0.508 e. The van der Waals surface area contributed by atoms with E-state index in [1.807, 2.05) is 75.3 Å². The lowest BCUT2D eigenvalue weighted by molar-refractivity contribution is -0.409. The number of alkyl halides is 8. The van der Waals surface area contributed by atoms with Crippen LogP contribution in [-0.2, 0) is 62.8 Å². The van der Waals surface area contributed by atoms with Gasteiger partial charge in [0.2, 0.25) is 5.60 Å². The zero-order valence-electron chi connectivity index (χ0n) is 72.0. The third kappa shape index (κ3) is 28.5. The predicted molar refractivity (Wildman–Crippen MR) is 421 cm³/mol. The Kier molecular flexibility index (Phi) is 38.2. The Morgan fingerprint density at radius 3 is 1.36 bits per heavy atom. The van der Waals surface area contributed by atoms with Crippen LogP contribution in [0.25, 0.3) is 10.8 Å². The average molecular weight is 1670 g/mol. The Hall–Kier alpha value is -7.77. The molecule has 7 unspecified atom stereocenters. The number of methoxy groups -OCH3 is 1. The van der Waals surface area contributed by atoms with Gasteiger partial charge in [0, 0.05) is 5.56 Å². The smallest absolute Gasteiger partial charge is 0.449 e. The number of hydrogen-bond donors (Lipinski definition) is 8. The number of phenolic OH excluding ortho intramolecular Hbond substituents is 1. The fourth-order valence-corrected chi connectivity index (χ4v) is 10.4. The number of carboxylic acids is 2. The summed E-state index contributed by atoms with van der Waals surface area (Å²) in [4.78, 5) is 79.0. The van der Waals surface area contributed by atoms with Gasteiger partial charge in [0.15, 0.2) is 5.60 Å². The third-order valence-electron chi connectivity index (χ3n) is 22.4. The summed E-state index contributed by atoms with van der Waals surface area (Å²) in [5.41, 5.74) is -9.82. The average Bonchev–Trinajstić information content (AvgIpc) is 1.55. The maximum atomic E-state index is 14.0. The lowest BCUT2D eigenvalue weighted by Gasteiger charge is -2.37. The summed E-state index contributed by atoms with van der Waals surface area (Å²) in [7, 11) is 1.24. The molecule has 0 aromatic heterocycles. The first kappa shape index (κ1) is 106. The summed E-state index contributed by atoms with van der Waals surface area (Å²) < 4.78 is 140. The van der Waals surface area contributed by atoms with Crippen molar-refractivity contribution in [2.24, 2.45) is 38.4 Å². The SMILES string of the molecule is CC1c2cccc3c(C(C)(O)C(F)(F)F)ccc(c23)C1C.CCC(C)(C)C(=O)O.CCC(C)(C)C(=O)OC1(C)COC(O)(C(F)(F)F)C1(F)F.CCC(C)(C)C(=O)OC1CCC(C(C)(C)O)CC1.CCC(C)(C)C(=O)OCC(C)(O)CC(=O)OC.CCC(C)(C)C(=O)Oc1ccc(Oc2ccc(O)cc2)cc1.CCC(C)(CO)C(=O)O. The van der Waals surface area contributed by atoms with E-state index in [1.54, 1.807) is 108 Å². The molecule has 8 N–H and O–H groups in total. The highest BCUT2D eigenvalue weighted by atomic mass is 19.4. The molecule has 0 bridgehead atoms. The molecule has 0 spiro atoms. The van der Waals surface area contributed by atoms with Gasteiger partial charge in [-0.25, -0.2) is 0 Å². The van der Waals surface area contributed by atoms with Crippen molar-refractivity contribution >= 4 is 52.6 Å². The number of halogens is 8. The molecule has 0 amide bonds. The van der Waals surface area contributed by atoms with Gasteiger partial charge in [-0.3, -0.25) is 33.6 Å². The molecule has 1 saturated carbocycles. The number of aliphatic hydroxyl groups is 5.